The van der Waals surface area contributed by atoms with Gasteiger partial charge in [0.2, 0.25) is 5.95 Å². The molecular weight excluding hydrogens is 248 g/mol. The van der Waals surface area contributed by atoms with Crippen molar-refractivity contribution in [2.45, 2.75) is 0 Å². The number of pyridine rings is 2. The Morgan fingerprint density at radius 3 is 2.89 bits per heavy atom. The molecule has 1 N–H and O–H groups in total. The maximum atomic E-state index is 10.7. The van der Waals surface area contributed by atoms with Crippen LogP contribution in [0.3, 0.4) is 0 Å². The number of rotatable bonds is 3. The summed E-state index contributed by atoms with van der Waals surface area (Å²) < 4.78 is 1.35. The van der Waals surface area contributed by atoms with Crippen LogP contribution in [0, 0.1) is 10.1 Å². The molecule has 0 spiro atoms. The van der Waals surface area contributed by atoms with Gasteiger partial charge in [-0.05, 0) is 18.2 Å². The second-order valence-corrected chi connectivity index (χ2v) is 3.72. The first kappa shape index (κ1) is 11.1. The first-order valence-corrected chi connectivity index (χ1v) is 5.41. The molecule has 0 amide bonds. The molecule has 0 aliphatic rings. The Hall–Kier alpha value is -3.03. The molecule has 8 nitrogen and oxygen atoms in total. The number of anilines is 2. The summed E-state index contributed by atoms with van der Waals surface area (Å²) in [4.78, 5) is 18.4. The number of nitrogens with one attached hydrogen (secondary N) is 1. The van der Waals surface area contributed by atoms with Crippen molar-refractivity contribution in [1.82, 2.24) is 19.6 Å². The molecule has 3 heterocycles. The average Bonchev–Trinajstić information content (AvgIpc) is 2.80. The standard InChI is InChI=1S/C11H8N6O2/c18-17(19)8-4-5-10-14-11(15-16(10)7-8)13-9-3-1-2-6-12-9/h1-7H,(H,12,13,15). The van der Waals surface area contributed by atoms with Gasteiger partial charge >= 0.3 is 0 Å². The van der Waals surface area contributed by atoms with Crippen LogP contribution in [0.2, 0.25) is 0 Å². The second kappa shape index (κ2) is 4.33. The van der Waals surface area contributed by atoms with Gasteiger partial charge < -0.3 is 5.32 Å². The molecule has 0 unspecified atom stereocenters. The lowest BCUT2D eigenvalue weighted by Gasteiger charge is -1.97. The van der Waals surface area contributed by atoms with Crippen molar-refractivity contribution in [3.8, 4) is 0 Å². The molecule has 19 heavy (non-hydrogen) atoms. The molecule has 0 aliphatic heterocycles. The smallest absolute Gasteiger partial charge is 0.287 e. The third-order valence-corrected chi connectivity index (χ3v) is 2.43. The van der Waals surface area contributed by atoms with Crippen LogP contribution in [0.25, 0.3) is 5.65 Å². The van der Waals surface area contributed by atoms with E-state index < -0.39 is 4.92 Å². The van der Waals surface area contributed by atoms with E-state index in [1.54, 1.807) is 18.3 Å². The van der Waals surface area contributed by atoms with Gasteiger partial charge in [0.15, 0.2) is 5.65 Å². The zero-order valence-electron chi connectivity index (χ0n) is 9.59. The predicted octanol–water partition coefficient (Wildman–Crippen LogP) is 1.78. The van der Waals surface area contributed by atoms with Crippen molar-refractivity contribution in [3.05, 3.63) is 52.8 Å². The number of hydrogen-bond donors (Lipinski definition) is 1. The highest BCUT2D eigenvalue weighted by molar-refractivity contribution is 5.52. The molecule has 3 aromatic heterocycles. The van der Waals surface area contributed by atoms with Crippen molar-refractivity contribution >= 4 is 23.1 Å². The predicted molar refractivity (Wildman–Crippen MR) is 67.2 cm³/mol. The second-order valence-electron chi connectivity index (χ2n) is 3.72. The van der Waals surface area contributed by atoms with E-state index in [0.717, 1.165) is 0 Å². The fraction of sp³-hybridized carbons (Fsp3) is 0. The maximum Gasteiger partial charge on any atom is 0.287 e. The van der Waals surface area contributed by atoms with Gasteiger partial charge in [-0.25, -0.2) is 9.50 Å². The minimum Gasteiger partial charge on any atom is -0.307 e. The highest BCUT2D eigenvalue weighted by atomic mass is 16.6. The molecule has 0 atom stereocenters. The molecule has 3 aromatic rings. The highest BCUT2D eigenvalue weighted by Gasteiger charge is 2.09. The number of fused-ring (bicyclic) bond motifs is 1. The molecule has 0 saturated carbocycles. The van der Waals surface area contributed by atoms with E-state index in [1.165, 1.54) is 22.8 Å². The molecule has 0 bridgehead atoms. The van der Waals surface area contributed by atoms with Crippen LogP contribution < -0.4 is 5.32 Å². The van der Waals surface area contributed by atoms with Gasteiger partial charge in [-0.3, -0.25) is 10.1 Å². The van der Waals surface area contributed by atoms with Crippen molar-refractivity contribution in [2.24, 2.45) is 0 Å². The van der Waals surface area contributed by atoms with Crippen LogP contribution in [0.4, 0.5) is 17.5 Å². The van der Waals surface area contributed by atoms with Gasteiger partial charge in [0.25, 0.3) is 5.69 Å². The molecule has 0 aliphatic carbocycles. The Morgan fingerprint density at radius 2 is 2.16 bits per heavy atom. The van der Waals surface area contributed by atoms with E-state index in [9.17, 15) is 10.1 Å². The summed E-state index contributed by atoms with van der Waals surface area (Å²) in [5.74, 6) is 0.937. The first-order chi connectivity index (χ1) is 9.22. The number of aromatic nitrogens is 4. The lowest BCUT2D eigenvalue weighted by atomic mass is 10.4. The summed E-state index contributed by atoms with van der Waals surface area (Å²) >= 11 is 0. The SMILES string of the molecule is O=[N+]([O-])c1ccc2nc(Nc3ccccn3)nn2c1. The van der Waals surface area contributed by atoms with Crippen LogP contribution >= 0.6 is 0 Å². The fourth-order valence-corrected chi connectivity index (χ4v) is 1.58. The zero-order chi connectivity index (χ0) is 13.2. The Kier molecular flexibility index (Phi) is 2.53. The van der Waals surface area contributed by atoms with Gasteiger partial charge in [-0.15, -0.1) is 5.10 Å². The van der Waals surface area contributed by atoms with Crippen LogP contribution in [-0.2, 0) is 0 Å². The van der Waals surface area contributed by atoms with Crippen LogP contribution in [0.1, 0.15) is 0 Å². The normalized spacial score (nSPS) is 10.5. The van der Waals surface area contributed by atoms with Gasteiger partial charge in [-0.1, -0.05) is 6.07 Å². The monoisotopic (exact) mass is 256 g/mol. The minimum absolute atomic E-state index is 0.0400. The highest BCUT2D eigenvalue weighted by Crippen LogP contribution is 2.15. The number of hydrogen-bond acceptors (Lipinski definition) is 6. The van der Waals surface area contributed by atoms with Crippen molar-refractivity contribution in [2.75, 3.05) is 5.32 Å². The van der Waals surface area contributed by atoms with Crippen LogP contribution in [0.15, 0.2) is 42.7 Å². The van der Waals surface area contributed by atoms with Gasteiger partial charge in [0.1, 0.15) is 12.0 Å². The lowest BCUT2D eigenvalue weighted by Crippen LogP contribution is -1.95. The molecule has 8 heteroatoms. The van der Waals surface area contributed by atoms with Gasteiger partial charge in [0.05, 0.1) is 4.92 Å². The summed E-state index contributed by atoms with van der Waals surface area (Å²) in [6.07, 6.45) is 2.95. The lowest BCUT2D eigenvalue weighted by molar-refractivity contribution is -0.385. The Bertz CT molecular complexity index is 739. The van der Waals surface area contributed by atoms with Crippen molar-refractivity contribution < 1.29 is 4.92 Å². The Morgan fingerprint density at radius 1 is 1.26 bits per heavy atom. The van der Waals surface area contributed by atoms with Gasteiger partial charge in [-0.2, -0.15) is 4.98 Å². The van der Waals surface area contributed by atoms with E-state index in [2.05, 4.69) is 20.4 Å². The number of nitro groups is 1. The van der Waals surface area contributed by atoms with E-state index in [-0.39, 0.29) is 5.69 Å². The maximum absolute atomic E-state index is 10.7. The van der Waals surface area contributed by atoms with Crippen molar-refractivity contribution in [1.29, 1.82) is 0 Å². The fourth-order valence-electron chi connectivity index (χ4n) is 1.58. The third kappa shape index (κ3) is 2.18. The molecule has 0 saturated heterocycles. The van der Waals surface area contributed by atoms with E-state index >= 15 is 0 Å². The molecule has 94 valence electrons. The number of nitrogens with zero attached hydrogens (tertiary/aromatic N) is 5. The average molecular weight is 256 g/mol. The van der Waals surface area contributed by atoms with Gasteiger partial charge in [0, 0.05) is 12.3 Å². The summed E-state index contributed by atoms with van der Waals surface area (Å²) in [7, 11) is 0. The zero-order valence-corrected chi connectivity index (χ0v) is 9.59. The van der Waals surface area contributed by atoms with Crippen LogP contribution in [-0.4, -0.2) is 24.5 Å². The Balaban J connectivity index is 1.95. The first-order valence-electron chi connectivity index (χ1n) is 5.41. The summed E-state index contributed by atoms with van der Waals surface area (Å²) in [6, 6.07) is 8.32. The quantitative estimate of drug-likeness (QED) is 0.566. The molecule has 0 radical (unpaired) electrons. The molecule has 0 fully saturated rings. The van der Waals surface area contributed by atoms with E-state index in [4.69, 9.17) is 0 Å². The molecule has 0 aromatic carbocycles. The van der Waals surface area contributed by atoms with E-state index in [0.29, 0.717) is 17.4 Å². The van der Waals surface area contributed by atoms with E-state index in [1.807, 2.05) is 6.07 Å². The summed E-state index contributed by atoms with van der Waals surface area (Å²) in [5.41, 5.74) is 0.478. The molecular formula is C11H8N6O2. The van der Waals surface area contributed by atoms with Crippen LogP contribution in [0.5, 0.6) is 0 Å². The topological polar surface area (TPSA) is 98.2 Å². The molecule has 3 rings (SSSR count). The van der Waals surface area contributed by atoms with Crippen molar-refractivity contribution in [3.63, 3.8) is 0 Å². The summed E-state index contributed by atoms with van der Waals surface area (Å²) in [6.45, 7) is 0. The summed E-state index contributed by atoms with van der Waals surface area (Å²) in [5, 5.41) is 17.7. The Labute approximate surface area is 106 Å². The minimum atomic E-state index is -0.479. The third-order valence-electron chi connectivity index (χ3n) is 2.43. The largest absolute Gasteiger partial charge is 0.307 e.